The van der Waals surface area contributed by atoms with Crippen LogP contribution < -0.4 is 4.90 Å². The SMILES string of the molecule is CC(O)c1ccc(N(C)C2CCC2)c(Br)c1. The Morgan fingerprint density at radius 2 is 2.12 bits per heavy atom. The van der Waals surface area contributed by atoms with Gasteiger partial charge in [-0.2, -0.15) is 0 Å². The summed E-state index contributed by atoms with van der Waals surface area (Å²) in [6, 6.07) is 6.79. The zero-order valence-electron chi connectivity index (χ0n) is 9.78. The number of aliphatic hydroxyl groups excluding tert-OH is 1. The smallest absolute Gasteiger partial charge is 0.0762 e. The molecule has 0 heterocycles. The highest BCUT2D eigenvalue weighted by Crippen LogP contribution is 2.34. The van der Waals surface area contributed by atoms with Gasteiger partial charge in [0.1, 0.15) is 0 Å². The molecule has 1 N–H and O–H groups in total. The number of halogens is 1. The number of hydrogen-bond acceptors (Lipinski definition) is 2. The first-order valence-corrected chi connectivity index (χ1v) is 6.59. The van der Waals surface area contributed by atoms with Gasteiger partial charge in [-0.1, -0.05) is 6.07 Å². The zero-order valence-corrected chi connectivity index (χ0v) is 11.4. The Kier molecular flexibility index (Phi) is 3.55. The number of nitrogens with zero attached hydrogens (tertiary/aromatic N) is 1. The van der Waals surface area contributed by atoms with Gasteiger partial charge in [-0.05, 0) is 59.8 Å². The molecule has 88 valence electrons. The van der Waals surface area contributed by atoms with Gasteiger partial charge in [0.25, 0.3) is 0 Å². The van der Waals surface area contributed by atoms with Crippen molar-refractivity contribution in [3.05, 3.63) is 28.2 Å². The van der Waals surface area contributed by atoms with Gasteiger partial charge < -0.3 is 10.0 Å². The Labute approximate surface area is 105 Å². The molecule has 0 radical (unpaired) electrons. The van der Waals surface area contributed by atoms with Gasteiger partial charge in [0.15, 0.2) is 0 Å². The van der Waals surface area contributed by atoms with Crippen molar-refractivity contribution in [2.45, 2.75) is 38.3 Å². The van der Waals surface area contributed by atoms with Crippen LogP contribution >= 0.6 is 15.9 Å². The van der Waals surface area contributed by atoms with E-state index in [2.05, 4.69) is 33.9 Å². The molecule has 0 aromatic heterocycles. The summed E-state index contributed by atoms with van der Waals surface area (Å²) in [5.74, 6) is 0. The summed E-state index contributed by atoms with van der Waals surface area (Å²) in [6.45, 7) is 1.79. The summed E-state index contributed by atoms with van der Waals surface area (Å²) in [5.41, 5.74) is 2.17. The first kappa shape index (κ1) is 11.9. The van der Waals surface area contributed by atoms with Crippen molar-refractivity contribution in [2.24, 2.45) is 0 Å². The van der Waals surface area contributed by atoms with E-state index in [1.165, 1.54) is 24.9 Å². The van der Waals surface area contributed by atoms with Crippen molar-refractivity contribution in [2.75, 3.05) is 11.9 Å². The molecule has 3 heteroatoms. The van der Waals surface area contributed by atoms with Crippen molar-refractivity contribution in [3.63, 3.8) is 0 Å². The van der Waals surface area contributed by atoms with Crippen molar-refractivity contribution < 1.29 is 5.11 Å². The Morgan fingerprint density at radius 1 is 1.44 bits per heavy atom. The van der Waals surface area contributed by atoms with Crippen LogP contribution in [0, 0.1) is 0 Å². The van der Waals surface area contributed by atoms with Gasteiger partial charge in [-0.25, -0.2) is 0 Å². The van der Waals surface area contributed by atoms with E-state index < -0.39 is 6.10 Å². The van der Waals surface area contributed by atoms with Crippen molar-refractivity contribution in [1.29, 1.82) is 0 Å². The lowest BCUT2D eigenvalue weighted by Gasteiger charge is -2.37. The third-order valence-electron chi connectivity index (χ3n) is 3.46. The molecule has 2 nitrogen and oxygen atoms in total. The van der Waals surface area contributed by atoms with E-state index in [0.29, 0.717) is 6.04 Å². The topological polar surface area (TPSA) is 23.5 Å². The van der Waals surface area contributed by atoms with Gasteiger partial charge in [0.2, 0.25) is 0 Å². The molecular formula is C13H18BrNO. The minimum Gasteiger partial charge on any atom is -0.389 e. The van der Waals surface area contributed by atoms with Crippen LogP contribution in [0.3, 0.4) is 0 Å². The normalized spacial score (nSPS) is 18.0. The maximum atomic E-state index is 9.51. The summed E-state index contributed by atoms with van der Waals surface area (Å²) in [7, 11) is 2.14. The maximum absolute atomic E-state index is 9.51. The second-order valence-electron chi connectivity index (χ2n) is 4.58. The molecule has 1 saturated carbocycles. The van der Waals surface area contributed by atoms with Crippen LogP contribution in [0.2, 0.25) is 0 Å². The Hall–Kier alpha value is -0.540. The molecule has 1 atom stereocenters. The van der Waals surface area contributed by atoms with E-state index in [-0.39, 0.29) is 0 Å². The largest absolute Gasteiger partial charge is 0.389 e. The molecule has 0 bridgehead atoms. The quantitative estimate of drug-likeness (QED) is 0.918. The van der Waals surface area contributed by atoms with Crippen LogP contribution in [-0.4, -0.2) is 18.2 Å². The molecule has 0 saturated heterocycles. The number of anilines is 1. The monoisotopic (exact) mass is 283 g/mol. The molecule has 0 amide bonds. The molecule has 1 aromatic rings. The third-order valence-corrected chi connectivity index (χ3v) is 4.09. The minimum absolute atomic E-state index is 0.403. The van der Waals surface area contributed by atoms with Crippen molar-refractivity contribution in [3.8, 4) is 0 Å². The van der Waals surface area contributed by atoms with Crippen LogP contribution in [0.4, 0.5) is 5.69 Å². The number of benzene rings is 1. The van der Waals surface area contributed by atoms with Gasteiger partial charge in [-0.3, -0.25) is 0 Å². The van der Waals surface area contributed by atoms with Gasteiger partial charge in [-0.15, -0.1) is 0 Å². The molecule has 1 unspecified atom stereocenters. The fraction of sp³-hybridized carbons (Fsp3) is 0.538. The van der Waals surface area contributed by atoms with E-state index in [9.17, 15) is 5.11 Å². The first-order valence-electron chi connectivity index (χ1n) is 5.80. The molecule has 1 fully saturated rings. The molecule has 1 aliphatic carbocycles. The van der Waals surface area contributed by atoms with E-state index >= 15 is 0 Å². The average Bonchev–Trinajstić information content (AvgIpc) is 2.14. The lowest BCUT2D eigenvalue weighted by molar-refractivity contribution is 0.199. The average molecular weight is 284 g/mol. The molecule has 0 aliphatic heterocycles. The van der Waals surface area contributed by atoms with Crippen LogP contribution in [0.15, 0.2) is 22.7 Å². The molecule has 16 heavy (non-hydrogen) atoms. The van der Waals surface area contributed by atoms with Gasteiger partial charge >= 0.3 is 0 Å². The Balaban J connectivity index is 2.21. The summed E-state index contributed by atoms with van der Waals surface area (Å²) >= 11 is 3.58. The van der Waals surface area contributed by atoms with Crippen LogP contribution in [0.1, 0.15) is 37.9 Å². The van der Waals surface area contributed by atoms with Crippen molar-refractivity contribution >= 4 is 21.6 Å². The predicted octanol–water partition coefficient (Wildman–Crippen LogP) is 3.49. The van der Waals surface area contributed by atoms with Gasteiger partial charge in [0.05, 0.1) is 11.8 Å². The zero-order chi connectivity index (χ0) is 11.7. The highest BCUT2D eigenvalue weighted by atomic mass is 79.9. The van der Waals surface area contributed by atoms with Crippen LogP contribution in [-0.2, 0) is 0 Å². The lowest BCUT2D eigenvalue weighted by Crippen LogP contribution is -2.37. The molecule has 1 aliphatic rings. The number of rotatable bonds is 3. The standard InChI is InChI=1S/C13H18BrNO/c1-9(16)10-6-7-13(12(14)8-10)15(2)11-4-3-5-11/h6-9,11,16H,3-5H2,1-2H3. The van der Waals surface area contributed by atoms with Gasteiger partial charge in [0, 0.05) is 17.6 Å². The van der Waals surface area contributed by atoms with E-state index in [1.807, 2.05) is 12.1 Å². The van der Waals surface area contributed by atoms with Crippen molar-refractivity contribution in [1.82, 2.24) is 0 Å². The maximum Gasteiger partial charge on any atom is 0.0762 e. The summed E-state index contributed by atoms with van der Waals surface area (Å²) in [5, 5.41) is 9.51. The summed E-state index contributed by atoms with van der Waals surface area (Å²) in [4.78, 5) is 2.33. The minimum atomic E-state index is -0.403. The fourth-order valence-corrected chi connectivity index (χ4v) is 2.72. The highest BCUT2D eigenvalue weighted by molar-refractivity contribution is 9.10. The second kappa shape index (κ2) is 4.76. The third kappa shape index (κ3) is 2.25. The van der Waals surface area contributed by atoms with E-state index in [0.717, 1.165) is 10.0 Å². The number of hydrogen-bond donors (Lipinski definition) is 1. The predicted molar refractivity (Wildman–Crippen MR) is 70.8 cm³/mol. The second-order valence-corrected chi connectivity index (χ2v) is 5.44. The summed E-state index contributed by atoms with van der Waals surface area (Å²) < 4.78 is 1.07. The highest BCUT2D eigenvalue weighted by Gasteiger charge is 2.23. The molecule has 1 aromatic carbocycles. The van der Waals surface area contributed by atoms with Crippen LogP contribution in [0.25, 0.3) is 0 Å². The first-order chi connectivity index (χ1) is 7.59. The summed E-state index contributed by atoms with van der Waals surface area (Å²) in [6.07, 6.45) is 3.53. The Morgan fingerprint density at radius 3 is 2.56 bits per heavy atom. The molecular weight excluding hydrogens is 266 g/mol. The van der Waals surface area contributed by atoms with E-state index in [4.69, 9.17) is 0 Å². The number of aliphatic hydroxyl groups is 1. The lowest BCUT2D eigenvalue weighted by atomic mass is 9.91. The molecule has 2 rings (SSSR count). The fourth-order valence-electron chi connectivity index (χ4n) is 2.04. The van der Waals surface area contributed by atoms with Crippen LogP contribution in [0.5, 0.6) is 0 Å². The Bertz CT molecular complexity index is 374. The van der Waals surface area contributed by atoms with E-state index in [1.54, 1.807) is 6.92 Å². The molecule has 0 spiro atoms.